The first kappa shape index (κ1) is 12.0. The molecule has 0 saturated heterocycles. The zero-order chi connectivity index (χ0) is 12.4. The highest BCUT2D eigenvalue weighted by atomic mass is 35.5. The van der Waals surface area contributed by atoms with Gasteiger partial charge in [0.05, 0.1) is 7.11 Å². The molecule has 6 heteroatoms. The SMILES string of the molecule is COc1cc2ccc(Cl)cc2cc1OB(O)O. The first-order valence-electron chi connectivity index (χ1n) is 4.90. The predicted octanol–water partition coefficient (Wildman–Crippen LogP) is 1.85. The average Bonchev–Trinajstić information content (AvgIpc) is 2.27. The van der Waals surface area contributed by atoms with E-state index in [0.29, 0.717) is 10.8 Å². The molecule has 0 fully saturated rings. The van der Waals surface area contributed by atoms with Crippen LogP contribution < -0.4 is 9.39 Å². The predicted molar refractivity (Wildman–Crippen MR) is 66.3 cm³/mol. The Morgan fingerprint density at radius 1 is 1.06 bits per heavy atom. The maximum absolute atomic E-state index is 8.80. The second-order valence-electron chi connectivity index (χ2n) is 3.44. The lowest BCUT2D eigenvalue weighted by atomic mass is 10.1. The number of benzene rings is 2. The Kier molecular flexibility index (Phi) is 3.42. The van der Waals surface area contributed by atoms with Crippen LogP contribution >= 0.6 is 11.6 Å². The molecule has 88 valence electrons. The summed E-state index contributed by atoms with van der Waals surface area (Å²) < 4.78 is 9.93. The third-order valence-corrected chi connectivity index (χ3v) is 2.55. The van der Waals surface area contributed by atoms with Crippen LogP contribution in [0, 0.1) is 0 Å². The summed E-state index contributed by atoms with van der Waals surface area (Å²) in [5, 5.41) is 20.0. The van der Waals surface area contributed by atoms with Crippen molar-refractivity contribution in [2.75, 3.05) is 7.11 Å². The summed E-state index contributed by atoms with van der Waals surface area (Å²) in [4.78, 5) is 0. The third kappa shape index (κ3) is 2.63. The van der Waals surface area contributed by atoms with Gasteiger partial charge >= 0.3 is 7.32 Å². The standard InChI is InChI=1S/C11H10BClO4/c1-16-10-5-7-2-3-9(13)4-8(7)6-11(10)17-12(14)15/h2-6,14-15H,1H3. The van der Waals surface area contributed by atoms with Crippen LogP contribution in [0.5, 0.6) is 11.5 Å². The van der Waals surface area contributed by atoms with E-state index in [1.807, 2.05) is 6.07 Å². The van der Waals surface area contributed by atoms with E-state index < -0.39 is 7.32 Å². The van der Waals surface area contributed by atoms with Crippen molar-refractivity contribution in [1.82, 2.24) is 0 Å². The molecular formula is C11H10BClO4. The van der Waals surface area contributed by atoms with E-state index in [1.165, 1.54) is 7.11 Å². The molecular weight excluding hydrogens is 242 g/mol. The summed E-state index contributed by atoms with van der Waals surface area (Å²) in [6, 6.07) is 8.75. The lowest BCUT2D eigenvalue weighted by Gasteiger charge is -2.11. The molecule has 0 aliphatic rings. The Bertz CT molecular complexity index is 544. The second-order valence-corrected chi connectivity index (χ2v) is 3.88. The Morgan fingerprint density at radius 2 is 1.76 bits per heavy atom. The minimum absolute atomic E-state index is 0.247. The largest absolute Gasteiger partial charge is 0.707 e. The molecule has 2 aromatic rings. The van der Waals surface area contributed by atoms with Crippen molar-refractivity contribution in [2.45, 2.75) is 0 Å². The van der Waals surface area contributed by atoms with Crippen molar-refractivity contribution >= 4 is 29.7 Å². The minimum atomic E-state index is -1.89. The number of halogens is 1. The highest BCUT2D eigenvalue weighted by molar-refractivity contribution is 6.34. The van der Waals surface area contributed by atoms with E-state index >= 15 is 0 Å². The van der Waals surface area contributed by atoms with Crippen LogP contribution in [0.15, 0.2) is 30.3 Å². The molecule has 17 heavy (non-hydrogen) atoms. The molecule has 4 nitrogen and oxygen atoms in total. The maximum atomic E-state index is 8.80. The highest BCUT2D eigenvalue weighted by Gasteiger charge is 2.15. The van der Waals surface area contributed by atoms with Gasteiger partial charge in [0.2, 0.25) is 0 Å². The van der Waals surface area contributed by atoms with Crippen molar-refractivity contribution < 1.29 is 19.4 Å². The molecule has 0 heterocycles. The summed E-state index contributed by atoms with van der Waals surface area (Å²) >= 11 is 5.88. The number of rotatable bonds is 3. The number of hydrogen-bond donors (Lipinski definition) is 2. The molecule has 0 unspecified atom stereocenters. The van der Waals surface area contributed by atoms with Crippen molar-refractivity contribution in [3.05, 3.63) is 35.4 Å². The molecule has 2 aromatic carbocycles. The van der Waals surface area contributed by atoms with Crippen molar-refractivity contribution in [3.8, 4) is 11.5 Å². The van der Waals surface area contributed by atoms with Gasteiger partial charge in [-0.1, -0.05) is 17.7 Å². The summed E-state index contributed by atoms with van der Waals surface area (Å²) in [5.41, 5.74) is 0. The normalized spacial score (nSPS) is 10.4. The van der Waals surface area contributed by atoms with Crippen LogP contribution in [0.2, 0.25) is 5.02 Å². The first-order valence-corrected chi connectivity index (χ1v) is 5.28. The summed E-state index contributed by atoms with van der Waals surface area (Å²) in [6.07, 6.45) is 0. The Morgan fingerprint density at radius 3 is 2.41 bits per heavy atom. The number of fused-ring (bicyclic) bond motifs is 1. The monoisotopic (exact) mass is 252 g/mol. The van der Waals surface area contributed by atoms with Crippen LogP contribution in [0.25, 0.3) is 10.8 Å². The molecule has 0 aromatic heterocycles. The molecule has 0 amide bonds. The van der Waals surface area contributed by atoms with Crippen molar-refractivity contribution in [1.29, 1.82) is 0 Å². The van der Waals surface area contributed by atoms with Crippen LogP contribution in [0.3, 0.4) is 0 Å². The fraction of sp³-hybridized carbons (Fsp3) is 0.0909. The van der Waals surface area contributed by atoms with E-state index in [1.54, 1.807) is 24.3 Å². The second kappa shape index (κ2) is 4.83. The topological polar surface area (TPSA) is 58.9 Å². The Hall–Kier alpha value is -1.43. The molecule has 0 radical (unpaired) electrons. The van der Waals surface area contributed by atoms with E-state index in [4.69, 9.17) is 31.0 Å². The molecule has 2 N–H and O–H groups in total. The molecule has 0 aliphatic carbocycles. The number of hydrogen-bond acceptors (Lipinski definition) is 4. The highest BCUT2D eigenvalue weighted by Crippen LogP contribution is 2.33. The van der Waals surface area contributed by atoms with Crippen LogP contribution in [-0.2, 0) is 0 Å². The van der Waals surface area contributed by atoms with Crippen molar-refractivity contribution in [2.24, 2.45) is 0 Å². The first-order chi connectivity index (χ1) is 8.10. The van der Waals surface area contributed by atoms with Gasteiger partial charge in [-0.2, -0.15) is 0 Å². The fourth-order valence-electron chi connectivity index (χ4n) is 1.59. The van der Waals surface area contributed by atoms with Gasteiger partial charge in [0.1, 0.15) is 5.75 Å². The van der Waals surface area contributed by atoms with Crippen LogP contribution in [0.4, 0.5) is 0 Å². The lowest BCUT2D eigenvalue weighted by Crippen LogP contribution is -2.20. The van der Waals surface area contributed by atoms with Gasteiger partial charge in [0, 0.05) is 5.02 Å². The van der Waals surface area contributed by atoms with Crippen molar-refractivity contribution in [3.63, 3.8) is 0 Å². The van der Waals surface area contributed by atoms with Gasteiger partial charge in [-0.05, 0) is 35.0 Å². The molecule has 0 aliphatic heterocycles. The molecule has 0 spiro atoms. The third-order valence-electron chi connectivity index (χ3n) is 2.32. The van der Waals surface area contributed by atoms with E-state index in [9.17, 15) is 0 Å². The maximum Gasteiger partial charge on any atom is 0.707 e. The molecule has 0 bridgehead atoms. The molecule has 0 atom stereocenters. The van der Waals surface area contributed by atoms with E-state index in [2.05, 4.69) is 0 Å². The van der Waals surface area contributed by atoms with Gasteiger partial charge in [-0.3, -0.25) is 0 Å². The quantitative estimate of drug-likeness (QED) is 0.819. The Labute approximate surface area is 104 Å². The van der Waals surface area contributed by atoms with Crippen LogP contribution in [-0.4, -0.2) is 24.5 Å². The fourth-order valence-corrected chi connectivity index (χ4v) is 1.77. The van der Waals surface area contributed by atoms with Crippen LogP contribution in [0.1, 0.15) is 0 Å². The van der Waals surface area contributed by atoms with Gasteiger partial charge in [-0.15, -0.1) is 0 Å². The van der Waals surface area contributed by atoms with Gasteiger partial charge in [0.15, 0.2) is 5.75 Å². The zero-order valence-electron chi connectivity index (χ0n) is 9.05. The average molecular weight is 252 g/mol. The summed E-state index contributed by atoms with van der Waals surface area (Å²) in [6.45, 7) is 0. The van der Waals surface area contributed by atoms with Gasteiger partial charge in [0.25, 0.3) is 0 Å². The summed E-state index contributed by atoms with van der Waals surface area (Å²) in [5.74, 6) is 0.671. The van der Waals surface area contributed by atoms with Gasteiger partial charge in [-0.25, -0.2) is 0 Å². The molecule has 0 saturated carbocycles. The minimum Gasteiger partial charge on any atom is -0.509 e. The van der Waals surface area contributed by atoms with Gasteiger partial charge < -0.3 is 19.4 Å². The zero-order valence-corrected chi connectivity index (χ0v) is 9.81. The number of methoxy groups -OCH3 is 1. The number of ether oxygens (including phenoxy) is 1. The Balaban J connectivity index is 2.57. The molecule has 2 rings (SSSR count). The van der Waals surface area contributed by atoms with E-state index in [-0.39, 0.29) is 5.75 Å². The smallest absolute Gasteiger partial charge is 0.509 e. The van der Waals surface area contributed by atoms with E-state index in [0.717, 1.165) is 10.8 Å². The lowest BCUT2D eigenvalue weighted by molar-refractivity contribution is 0.280. The summed E-state index contributed by atoms with van der Waals surface area (Å²) in [7, 11) is -0.409.